The highest BCUT2D eigenvalue weighted by Gasteiger charge is 1.93. The van der Waals surface area contributed by atoms with Crippen LogP contribution in [-0.2, 0) is 4.79 Å². The van der Waals surface area contributed by atoms with Crippen LogP contribution in [0.2, 0.25) is 0 Å². The molecular weight excluding hydrogens is 138 g/mol. The molecule has 0 aromatic heterocycles. The second-order valence-electron chi connectivity index (χ2n) is 2.21. The zero-order chi connectivity index (χ0) is 8.69. The minimum Gasteiger partial charge on any atom is -0.345 e. The highest BCUT2D eigenvalue weighted by atomic mass is 16.2. The topological polar surface area (TPSA) is 20.3 Å². The summed E-state index contributed by atoms with van der Waals surface area (Å²) >= 11 is 0. The number of nitrogens with zero attached hydrogens (tertiary/aromatic N) is 1. The molecule has 0 aromatic rings. The number of carbonyl (C=O) groups excluding carboxylic acids is 1. The van der Waals surface area contributed by atoms with Crippen LogP contribution in [0.25, 0.3) is 0 Å². The number of hydrogen-bond donors (Lipinski definition) is 0. The first-order chi connectivity index (χ1) is 5.18. The maximum Gasteiger partial charge on any atom is 0.246 e. The molecule has 0 bridgehead atoms. The molecule has 0 rings (SSSR count). The van der Waals surface area contributed by atoms with E-state index in [0.717, 1.165) is 0 Å². The molecule has 11 heavy (non-hydrogen) atoms. The van der Waals surface area contributed by atoms with E-state index in [0.29, 0.717) is 0 Å². The lowest BCUT2D eigenvalue weighted by atomic mass is 10.4. The molecule has 1 amide bonds. The van der Waals surface area contributed by atoms with Gasteiger partial charge in [-0.15, -0.1) is 0 Å². The van der Waals surface area contributed by atoms with Gasteiger partial charge < -0.3 is 4.90 Å². The van der Waals surface area contributed by atoms with Gasteiger partial charge in [-0.3, -0.25) is 4.79 Å². The Kier molecular flexibility index (Phi) is 4.82. The van der Waals surface area contributed by atoms with Gasteiger partial charge in [-0.1, -0.05) is 30.9 Å². The van der Waals surface area contributed by atoms with E-state index in [1.165, 1.54) is 11.0 Å². The van der Waals surface area contributed by atoms with Crippen LogP contribution in [-0.4, -0.2) is 24.9 Å². The van der Waals surface area contributed by atoms with Crippen LogP contribution in [0.15, 0.2) is 37.0 Å². The van der Waals surface area contributed by atoms with Gasteiger partial charge in [0.25, 0.3) is 0 Å². The van der Waals surface area contributed by atoms with E-state index < -0.39 is 0 Å². The van der Waals surface area contributed by atoms with Crippen LogP contribution < -0.4 is 0 Å². The van der Waals surface area contributed by atoms with Gasteiger partial charge in [0.1, 0.15) is 0 Å². The number of hydrogen-bond acceptors (Lipinski definition) is 1. The summed E-state index contributed by atoms with van der Waals surface area (Å²) in [6.07, 6.45) is 8.36. The number of likely N-dealkylation sites (N-methyl/N-ethyl adjacent to an activating group) is 1. The van der Waals surface area contributed by atoms with Crippen LogP contribution >= 0.6 is 0 Å². The van der Waals surface area contributed by atoms with Crippen molar-refractivity contribution in [1.29, 1.82) is 0 Å². The van der Waals surface area contributed by atoms with Gasteiger partial charge in [-0.25, -0.2) is 0 Å². The van der Waals surface area contributed by atoms with Crippen LogP contribution in [0.1, 0.15) is 0 Å². The summed E-state index contributed by atoms with van der Waals surface area (Å²) in [5.41, 5.74) is 0. The first-order valence-electron chi connectivity index (χ1n) is 3.35. The zero-order valence-corrected chi connectivity index (χ0v) is 6.95. The molecule has 0 heterocycles. The maximum atomic E-state index is 10.9. The molecule has 0 aromatic carbocycles. The fraction of sp³-hybridized carbons (Fsp3) is 0.222. The summed E-state index contributed by atoms with van der Waals surface area (Å²) < 4.78 is 0. The zero-order valence-electron chi connectivity index (χ0n) is 6.95. The van der Waals surface area contributed by atoms with Crippen molar-refractivity contribution >= 4 is 5.91 Å². The Bertz CT molecular complexity index is 190. The summed E-state index contributed by atoms with van der Waals surface area (Å²) in [6, 6.07) is 0. The Morgan fingerprint density at radius 3 is 2.36 bits per heavy atom. The second-order valence-corrected chi connectivity index (χ2v) is 2.21. The molecule has 2 heteroatoms. The lowest BCUT2D eigenvalue weighted by Gasteiger charge is -2.04. The molecule has 0 unspecified atom stereocenters. The lowest BCUT2D eigenvalue weighted by Crippen LogP contribution is -2.18. The normalized spacial score (nSPS) is 10.7. The molecule has 2 nitrogen and oxygen atoms in total. The first kappa shape index (κ1) is 9.69. The molecule has 0 fully saturated rings. The summed E-state index contributed by atoms with van der Waals surface area (Å²) in [4.78, 5) is 12.4. The van der Waals surface area contributed by atoms with E-state index in [9.17, 15) is 4.79 Å². The van der Waals surface area contributed by atoms with E-state index in [4.69, 9.17) is 0 Å². The monoisotopic (exact) mass is 151 g/mol. The quantitative estimate of drug-likeness (QED) is 0.440. The van der Waals surface area contributed by atoms with E-state index in [1.807, 2.05) is 0 Å². The molecule has 0 aliphatic carbocycles. The molecular formula is C9H13NO. The average molecular weight is 151 g/mol. The smallest absolute Gasteiger partial charge is 0.246 e. The largest absolute Gasteiger partial charge is 0.345 e. The molecule has 0 aliphatic heterocycles. The van der Waals surface area contributed by atoms with Crippen molar-refractivity contribution in [3.05, 3.63) is 37.0 Å². The Morgan fingerprint density at radius 1 is 1.27 bits per heavy atom. The second kappa shape index (κ2) is 5.47. The fourth-order valence-corrected chi connectivity index (χ4v) is 0.430. The minimum atomic E-state index is -0.0151. The third kappa shape index (κ3) is 5.15. The highest BCUT2D eigenvalue weighted by molar-refractivity contribution is 5.87. The summed E-state index contributed by atoms with van der Waals surface area (Å²) in [5.74, 6) is -0.0151. The van der Waals surface area contributed by atoms with Crippen molar-refractivity contribution in [2.24, 2.45) is 0 Å². The van der Waals surface area contributed by atoms with Crippen LogP contribution in [0.5, 0.6) is 0 Å². The van der Waals surface area contributed by atoms with Gasteiger partial charge >= 0.3 is 0 Å². The SMILES string of the molecule is C=CC=CC=CC(=O)N(C)C. The van der Waals surface area contributed by atoms with E-state index in [-0.39, 0.29) is 5.91 Å². The van der Waals surface area contributed by atoms with Crippen molar-refractivity contribution in [3.8, 4) is 0 Å². The maximum absolute atomic E-state index is 10.9. The lowest BCUT2D eigenvalue weighted by molar-refractivity contribution is -0.123. The van der Waals surface area contributed by atoms with Crippen molar-refractivity contribution in [2.75, 3.05) is 14.1 Å². The van der Waals surface area contributed by atoms with Gasteiger partial charge in [0.15, 0.2) is 0 Å². The third-order valence-electron chi connectivity index (χ3n) is 1.04. The van der Waals surface area contributed by atoms with Gasteiger partial charge in [-0.05, 0) is 0 Å². The number of amides is 1. The average Bonchev–Trinajstić information content (AvgIpc) is 1.97. The highest BCUT2D eigenvalue weighted by Crippen LogP contribution is 1.83. The molecule has 60 valence electrons. The van der Waals surface area contributed by atoms with Crippen molar-refractivity contribution in [1.82, 2.24) is 4.90 Å². The molecule has 0 radical (unpaired) electrons. The number of rotatable bonds is 3. The molecule has 0 saturated carbocycles. The Morgan fingerprint density at radius 2 is 1.91 bits per heavy atom. The predicted octanol–water partition coefficient (Wildman–Crippen LogP) is 1.37. The Hall–Kier alpha value is -1.31. The fourth-order valence-electron chi connectivity index (χ4n) is 0.430. The molecule has 0 spiro atoms. The molecule has 0 atom stereocenters. The van der Waals surface area contributed by atoms with Gasteiger partial charge in [0, 0.05) is 20.2 Å². The van der Waals surface area contributed by atoms with E-state index >= 15 is 0 Å². The van der Waals surface area contributed by atoms with Gasteiger partial charge in [0.05, 0.1) is 0 Å². The summed E-state index contributed by atoms with van der Waals surface area (Å²) in [6.45, 7) is 3.50. The van der Waals surface area contributed by atoms with Crippen LogP contribution in [0, 0.1) is 0 Å². The predicted molar refractivity (Wildman–Crippen MR) is 47.2 cm³/mol. The van der Waals surface area contributed by atoms with Crippen molar-refractivity contribution in [2.45, 2.75) is 0 Å². The Labute approximate surface area is 67.5 Å². The Balaban J connectivity index is 3.83. The van der Waals surface area contributed by atoms with E-state index in [2.05, 4.69) is 6.58 Å². The molecule has 0 N–H and O–H groups in total. The van der Waals surface area contributed by atoms with Gasteiger partial charge in [-0.2, -0.15) is 0 Å². The van der Waals surface area contributed by atoms with E-state index in [1.54, 1.807) is 38.4 Å². The number of allylic oxidation sites excluding steroid dienone is 4. The number of carbonyl (C=O) groups is 1. The van der Waals surface area contributed by atoms with Crippen LogP contribution in [0.4, 0.5) is 0 Å². The first-order valence-corrected chi connectivity index (χ1v) is 3.35. The van der Waals surface area contributed by atoms with Crippen molar-refractivity contribution < 1.29 is 4.79 Å². The van der Waals surface area contributed by atoms with Gasteiger partial charge in [0.2, 0.25) is 5.91 Å². The van der Waals surface area contributed by atoms with Crippen LogP contribution in [0.3, 0.4) is 0 Å². The summed E-state index contributed by atoms with van der Waals surface area (Å²) in [7, 11) is 3.42. The minimum absolute atomic E-state index is 0.0151. The summed E-state index contributed by atoms with van der Waals surface area (Å²) in [5, 5.41) is 0. The molecule has 0 saturated heterocycles. The third-order valence-corrected chi connectivity index (χ3v) is 1.04. The van der Waals surface area contributed by atoms with Crippen molar-refractivity contribution in [3.63, 3.8) is 0 Å². The molecule has 0 aliphatic rings. The standard InChI is InChI=1S/C9H13NO/c1-4-5-6-7-8-9(11)10(2)3/h4-8H,1H2,2-3H3.